The third-order valence-corrected chi connectivity index (χ3v) is 7.33. The molecule has 34 heavy (non-hydrogen) atoms. The van der Waals surface area contributed by atoms with Crippen molar-refractivity contribution in [3.8, 4) is 5.75 Å². The predicted octanol–water partition coefficient (Wildman–Crippen LogP) is 6.37. The summed E-state index contributed by atoms with van der Waals surface area (Å²) in [4.78, 5) is 28.5. The number of carbonyl (C=O) groups is 2. The summed E-state index contributed by atoms with van der Waals surface area (Å²) < 4.78 is 7.83. The first-order valence-electron chi connectivity index (χ1n) is 10.1. The van der Waals surface area contributed by atoms with Gasteiger partial charge in [-0.05, 0) is 117 Å². The Hall–Kier alpha value is -2.38. The number of hydrogen-bond acceptors (Lipinski definition) is 5. The van der Waals surface area contributed by atoms with Crippen molar-refractivity contribution in [2.24, 2.45) is 4.99 Å². The van der Waals surface area contributed by atoms with Crippen LogP contribution in [0.4, 0.5) is 5.69 Å². The molecule has 1 aliphatic rings. The Morgan fingerprint density at radius 3 is 2.35 bits per heavy atom. The molecule has 0 saturated carbocycles. The van der Waals surface area contributed by atoms with Crippen molar-refractivity contribution in [1.29, 1.82) is 0 Å². The molecule has 1 amide bonds. The van der Waals surface area contributed by atoms with Gasteiger partial charge in [-0.3, -0.25) is 4.79 Å². The molecule has 0 spiro atoms. The first-order valence-corrected chi connectivity index (χ1v) is 13.1. The van der Waals surface area contributed by atoms with E-state index in [1.807, 2.05) is 49.4 Å². The Kier molecular flexibility index (Phi) is 7.94. The van der Waals surface area contributed by atoms with Gasteiger partial charge in [-0.1, -0.05) is 29.8 Å². The number of carbonyl (C=O) groups excluding carboxylic acids is 1. The van der Waals surface area contributed by atoms with Crippen LogP contribution in [0.3, 0.4) is 0 Å². The van der Waals surface area contributed by atoms with Gasteiger partial charge in [-0.15, -0.1) is 0 Å². The number of aliphatic imine (C=N–C) groups is 1. The average Bonchev–Trinajstić information content (AvgIpc) is 3.13. The fourth-order valence-corrected chi connectivity index (χ4v) is 6.04. The van der Waals surface area contributed by atoms with E-state index in [0.29, 0.717) is 16.7 Å². The minimum Gasteiger partial charge on any atom is -0.487 e. The fraction of sp³-hybridized carbons (Fsp3) is 0.0800. The van der Waals surface area contributed by atoms with E-state index in [0.717, 1.165) is 35.3 Å². The molecule has 0 bridgehead atoms. The lowest BCUT2D eigenvalue weighted by molar-refractivity contribution is -0.115. The maximum absolute atomic E-state index is 12.4. The normalized spacial score (nSPS) is 15.6. The van der Waals surface area contributed by atoms with Crippen LogP contribution in [0, 0.1) is 14.1 Å². The lowest BCUT2D eigenvalue weighted by Crippen LogP contribution is -2.19. The van der Waals surface area contributed by atoms with Crippen molar-refractivity contribution < 1.29 is 19.4 Å². The highest BCUT2D eigenvalue weighted by Gasteiger charge is 2.24. The van der Waals surface area contributed by atoms with Crippen LogP contribution in [0.2, 0.25) is 0 Å². The van der Waals surface area contributed by atoms with E-state index < -0.39 is 5.97 Å². The maximum atomic E-state index is 12.4. The third-order valence-electron chi connectivity index (χ3n) is 4.82. The minimum atomic E-state index is -0.955. The van der Waals surface area contributed by atoms with Crippen LogP contribution in [-0.2, 0) is 11.4 Å². The van der Waals surface area contributed by atoms with Crippen molar-refractivity contribution in [3.63, 3.8) is 0 Å². The molecule has 3 aromatic carbocycles. The predicted molar refractivity (Wildman–Crippen MR) is 152 cm³/mol. The van der Waals surface area contributed by atoms with E-state index in [1.54, 1.807) is 24.3 Å². The van der Waals surface area contributed by atoms with Crippen LogP contribution in [0.15, 0.2) is 70.6 Å². The smallest absolute Gasteiger partial charge is 0.335 e. The van der Waals surface area contributed by atoms with Gasteiger partial charge in [0.05, 0.1) is 23.3 Å². The zero-order valence-electron chi connectivity index (χ0n) is 17.8. The van der Waals surface area contributed by atoms with Gasteiger partial charge >= 0.3 is 5.97 Å². The number of hydrogen-bond donors (Lipinski definition) is 2. The molecule has 1 heterocycles. The molecular weight excluding hydrogens is 678 g/mol. The third kappa shape index (κ3) is 6.19. The standard InChI is InChI=1S/C25H18I2N2O4S/c1-14-2-8-18(9-3-14)28-25-29-23(30)21(34-25)12-16-10-19(26)22(20(27)11-16)33-13-15-4-6-17(7-5-15)24(31)32/h2-12H,13H2,1H3,(H,31,32)(H,28,29,30)/b21-12-. The lowest BCUT2D eigenvalue weighted by Gasteiger charge is -2.12. The number of carboxylic acids is 1. The number of aromatic carboxylic acids is 1. The summed E-state index contributed by atoms with van der Waals surface area (Å²) in [5.41, 5.74) is 3.95. The molecule has 0 aliphatic carbocycles. The first kappa shape index (κ1) is 24.7. The van der Waals surface area contributed by atoms with E-state index in [9.17, 15) is 9.59 Å². The van der Waals surface area contributed by atoms with Crippen molar-refractivity contribution in [1.82, 2.24) is 5.32 Å². The van der Waals surface area contributed by atoms with Crippen molar-refractivity contribution in [2.45, 2.75) is 13.5 Å². The van der Waals surface area contributed by atoms with Gasteiger partial charge in [0.2, 0.25) is 0 Å². The summed E-state index contributed by atoms with van der Waals surface area (Å²) in [5.74, 6) is -0.384. The number of thioether (sulfide) groups is 1. The zero-order valence-corrected chi connectivity index (χ0v) is 23.0. The molecule has 1 fully saturated rings. The van der Waals surface area contributed by atoms with Gasteiger partial charge in [0.25, 0.3) is 5.91 Å². The van der Waals surface area contributed by atoms with E-state index >= 15 is 0 Å². The highest BCUT2D eigenvalue weighted by molar-refractivity contribution is 14.1. The molecule has 2 N–H and O–H groups in total. The molecule has 0 unspecified atom stereocenters. The number of rotatable bonds is 6. The molecule has 4 rings (SSSR count). The van der Waals surface area contributed by atoms with E-state index in [4.69, 9.17) is 9.84 Å². The molecule has 0 radical (unpaired) electrons. The van der Waals surface area contributed by atoms with Crippen LogP contribution in [-0.4, -0.2) is 22.2 Å². The first-order chi connectivity index (χ1) is 16.3. The number of ether oxygens (including phenoxy) is 1. The van der Waals surface area contributed by atoms with Crippen LogP contribution >= 0.6 is 56.9 Å². The van der Waals surface area contributed by atoms with Crippen molar-refractivity contribution in [3.05, 3.63) is 95.0 Å². The number of amides is 1. The van der Waals surface area contributed by atoms with Gasteiger partial charge in [0.1, 0.15) is 12.4 Å². The lowest BCUT2D eigenvalue weighted by atomic mass is 10.1. The van der Waals surface area contributed by atoms with Crippen LogP contribution in [0.5, 0.6) is 5.75 Å². The summed E-state index contributed by atoms with van der Waals surface area (Å²) in [7, 11) is 0. The second kappa shape index (κ2) is 10.9. The monoisotopic (exact) mass is 696 g/mol. The largest absolute Gasteiger partial charge is 0.487 e. The highest BCUT2D eigenvalue weighted by Crippen LogP contribution is 2.33. The summed E-state index contributed by atoms with van der Waals surface area (Å²) in [6.45, 7) is 2.34. The number of halogens is 2. The molecule has 0 atom stereocenters. The van der Waals surface area contributed by atoms with Gasteiger partial charge in [-0.2, -0.15) is 0 Å². The SMILES string of the molecule is Cc1ccc(N=C2NC(=O)/C(=C/c3cc(I)c(OCc4ccc(C(=O)O)cc4)c(I)c3)S2)cc1. The number of nitrogens with one attached hydrogen (secondary N) is 1. The van der Waals surface area contributed by atoms with E-state index in [1.165, 1.54) is 11.8 Å². The topological polar surface area (TPSA) is 88.0 Å². The molecule has 6 nitrogen and oxygen atoms in total. The second-order valence-corrected chi connectivity index (χ2v) is 10.8. The highest BCUT2D eigenvalue weighted by atomic mass is 127. The number of benzene rings is 3. The van der Waals surface area contributed by atoms with Gasteiger partial charge in [0, 0.05) is 0 Å². The minimum absolute atomic E-state index is 0.175. The fourth-order valence-electron chi connectivity index (χ4n) is 3.07. The summed E-state index contributed by atoms with van der Waals surface area (Å²) in [6.07, 6.45) is 1.84. The number of amidine groups is 1. The number of aryl methyl sites for hydroxylation is 1. The molecule has 9 heteroatoms. The quantitative estimate of drug-likeness (QED) is 0.231. The Balaban J connectivity index is 1.47. The summed E-state index contributed by atoms with van der Waals surface area (Å²) in [5, 5.41) is 12.4. The van der Waals surface area contributed by atoms with Crippen LogP contribution in [0.1, 0.15) is 27.0 Å². The molecule has 1 aliphatic heterocycles. The Bertz CT molecular complexity index is 1300. The zero-order chi connectivity index (χ0) is 24.2. The van der Waals surface area contributed by atoms with Crippen molar-refractivity contribution in [2.75, 3.05) is 0 Å². The number of nitrogens with zero attached hydrogens (tertiary/aromatic N) is 1. The molecule has 3 aromatic rings. The number of carboxylic acid groups (broad SMARTS) is 1. The van der Waals surface area contributed by atoms with Crippen molar-refractivity contribution >= 4 is 85.8 Å². The summed E-state index contributed by atoms with van der Waals surface area (Å²) >= 11 is 5.74. The van der Waals surface area contributed by atoms with Gasteiger partial charge in [0.15, 0.2) is 5.17 Å². The molecule has 172 valence electrons. The van der Waals surface area contributed by atoms with Crippen LogP contribution < -0.4 is 10.1 Å². The molecular formula is C25H18I2N2O4S. The van der Waals surface area contributed by atoms with Crippen LogP contribution in [0.25, 0.3) is 6.08 Å². The van der Waals surface area contributed by atoms with E-state index in [-0.39, 0.29) is 11.5 Å². The molecule has 1 saturated heterocycles. The molecule has 0 aromatic heterocycles. The maximum Gasteiger partial charge on any atom is 0.335 e. The van der Waals surface area contributed by atoms with Gasteiger partial charge in [-0.25, -0.2) is 9.79 Å². The van der Waals surface area contributed by atoms with Gasteiger partial charge < -0.3 is 15.2 Å². The summed E-state index contributed by atoms with van der Waals surface area (Å²) in [6, 6.07) is 18.3. The van der Waals surface area contributed by atoms with E-state index in [2.05, 4.69) is 55.5 Å². The Morgan fingerprint density at radius 2 is 1.74 bits per heavy atom. The Morgan fingerprint density at radius 1 is 1.09 bits per heavy atom. The average molecular weight is 696 g/mol. The second-order valence-electron chi connectivity index (χ2n) is 7.42. The Labute approximate surface area is 228 Å².